The number of aliphatic hydroxyl groups is 1. The van der Waals surface area contributed by atoms with Crippen LogP contribution in [0.4, 0.5) is 0 Å². The molecule has 6 heteroatoms. The van der Waals surface area contributed by atoms with Crippen LogP contribution < -0.4 is 4.74 Å². The minimum atomic E-state index is -0.658. The van der Waals surface area contributed by atoms with Crippen molar-refractivity contribution < 1.29 is 19.4 Å². The topological polar surface area (TPSA) is 70.1 Å². The van der Waals surface area contributed by atoms with Gasteiger partial charge in [-0.3, -0.25) is 9.59 Å². The second kappa shape index (κ2) is 10.5. The fraction of sp³-hybridized carbons (Fsp3) is 0.333. The number of carbonyl (C=O) groups is 2. The molecule has 0 radical (unpaired) electrons. The Labute approximate surface area is 195 Å². The SMILES string of the molecule is C=CCOc1ccc(C(O)=C2C(=O)C(=O)N(CCCN(C)C)C2c2ccc(C)cc2)c(C)c1. The maximum absolute atomic E-state index is 13.1. The molecule has 1 unspecified atom stereocenters. The van der Waals surface area contributed by atoms with Gasteiger partial charge in [0.15, 0.2) is 0 Å². The first-order valence-electron chi connectivity index (χ1n) is 11.1. The zero-order valence-corrected chi connectivity index (χ0v) is 19.8. The predicted octanol–water partition coefficient (Wildman–Crippen LogP) is 4.24. The number of ketones is 1. The summed E-state index contributed by atoms with van der Waals surface area (Å²) in [6.45, 7) is 9.04. The Morgan fingerprint density at radius 3 is 2.45 bits per heavy atom. The number of nitrogens with zero attached hydrogens (tertiary/aromatic N) is 2. The highest BCUT2D eigenvalue weighted by molar-refractivity contribution is 6.46. The normalized spacial score (nSPS) is 17.6. The Morgan fingerprint density at radius 2 is 1.85 bits per heavy atom. The van der Waals surface area contributed by atoms with Crippen LogP contribution in [0.15, 0.2) is 60.7 Å². The zero-order valence-electron chi connectivity index (χ0n) is 19.8. The lowest BCUT2D eigenvalue weighted by atomic mass is 9.93. The van der Waals surface area contributed by atoms with Crippen LogP contribution in [0.2, 0.25) is 0 Å². The lowest BCUT2D eigenvalue weighted by Gasteiger charge is -2.26. The van der Waals surface area contributed by atoms with Crippen molar-refractivity contribution in [1.29, 1.82) is 0 Å². The molecule has 2 aromatic rings. The van der Waals surface area contributed by atoms with E-state index in [-0.39, 0.29) is 11.3 Å². The average Bonchev–Trinajstić information content (AvgIpc) is 3.02. The molecule has 1 amide bonds. The second-order valence-corrected chi connectivity index (χ2v) is 8.64. The first-order valence-corrected chi connectivity index (χ1v) is 11.1. The van der Waals surface area contributed by atoms with Gasteiger partial charge in [0.1, 0.15) is 18.1 Å². The maximum atomic E-state index is 13.1. The van der Waals surface area contributed by atoms with Crippen LogP contribution in [-0.2, 0) is 9.59 Å². The van der Waals surface area contributed by atoms with Gasteiger partial charge in [0.2, 0.25) is 0 Å². The van der Waals surface area contributed by atoms with Crippen LogP contribution in [0.1, 0.15) is 34.7 Å². The van der Waals surface area contributed by atoms with Crippen LogP contribution >= 0.6 is 0 Å². The van der Waals surface area contributed by atoms with Crippen molar-refractivity contribution in [2.75, 3.05) is 33.8 Å². The molecule has 0 aliphatic carbocycles. The summed E-state index contributed by atoms with van der Waals surface area (Å²) in [5.41, 5.74) is 3.25. The van der Waals surface area contributed by atoms with Gasteiger partial charge in [-0.25, -0.2) is 0 Å². The van der Waals surface area contributed by atoms with E-state index in [0.717, 1.165) is 29.7 Å². The van der Waals surface area contributed by atoms with E-state index in [9.17, 15) is 14.7 Å². The minimum Gasteiger partial charge on any atom is -0.507 e. The molecule has 6 nitrogen and oxygen atoms in total. The number of rotatable bonds is 9. The first kappa shape index (κ1) is 24.3. The van der Waals surface area contributed by atoms with E-state index in [2.05, 4.69) is 6.58 Å². The molecule has 1 aliphatic rings. The quantitative estimate of drug-likeness (QED) is 0.269. The number of likely N-dealkylation sites (tertiary alicyclic amines) is 1. The minimum absolute atomic E-state index is 0.122. The summed E-state index contributed by atoms with van der Waals surface area (Å²) in [5, 5.41) is 11.3. The Kier molecular flexibility index (Phi) is 7.71. The van der Waals surface area contributed by atoms with Crippen LogP contribution in [0.3, 0.4) is 0 Å². The Balaban J connectivity index is 2.07. The second-order valence-electron chi connectivity index (χ2n) is 8.64. The van der Waals surface area contributed by atoms with Gasteiger partial charge < -0.3 is 19.6 Å². The van der Waals surface area contributed by atoms with Crippen LogP contribution in [0.5, 0.6) is 5.75 Å². The highest BCUT2D eigenvalue weighted by Gasteiger charge is 2.45. The van der Waals surface area contributed by atoms with Gasteiger partial charge >= 0.3 is 0 Å². The van der Waals surface area contributed by atoms with Crippen LogP contribution in [-0.4, -0.2) is 60.4 Å². The van der Waals surface area contributed by atoms with E-state index >= 15 is 0 Å². The fourth-order valence-electron chi connectivity index (χ4n) is 4.06. The van der Waals surface area contributed by atoms with Crippen LogP contribution in [0.25, 0.3) is 5.76 Å². The third-order valence-electron chi connectivity index (χ3n) is 5.76. The van der Waals surface area contributed by atoms with Gasteiger partial charge in [0.25, 0.3) is 11.7 Å². The molecular formula is C27H32N2O4. The maximum Gasteiger partial charge on any atom is 0.295 e. The number of hydrogen-bond acceptors (Lipinski definition) is 5. The molecule has 0 aromatic heterocycles. The summed E-state index contributed by atoms with van der Waals surface area (Å²) in [4.78, 5) is 29.8. The van der Waals surface area contributed by atoms with E-state index in [1.54, 1.807) is 29.2 Å². The molecule has 0 spiro atoms. The lowest BCUT2D eigenvalue weighted by molar-refractivity contribution is -0.139. The van der Waals surface area contributed by atoms with Crippen molar-refractivity contribution in [2.45, 2.75) is 26.3 Å². The van der Waals surface area contributed by atoms with Gasteiger partial charge in [-0.05, 0) is 70.2 Å². The summed E-state index contributed by atoms with van der Waals surface area (Å²) in [7, 11) is 3.94. The summed E-state index contributed by atoms with van der Waals surface area (Å²) in [6, 6.07) is 12.3. The molecule has 1 saturated heterocycles. The van der Waals surface area contributed by atoms with Gasteiger partial charge in [-0.15, -0.1) is 0 Å². The van der Waals surface area contributed by atoms with Crippen LogP contribution in [0, 0.1) is 13.8 Å². The molecule has 1 fully saturated rings. The summed E-state index contributed by atoms with van der Waals surface area (Å²) < 4.78 is 5.57. The third-order valence-corrected chi connectivity index (χ3v) is 5.76. The standard InChI is InChI=1S/C27H32N2O4/c1-6-16-33-21-12-13-22(19(3)17-21)25(30)23-24(20-10-8-18(2)9-11-20)29(27(32)26(23)31)15-7-14-28(4)5/h6,8-13,17,24,30H,1,7,14-16H2,2-5H3. The number of amides is 1. The molecule has 2 aromatic carbocycles. The Hall–Kier alpha value is -3.38. The molecule has 1 atom stereocenters. The number of aliphatic hydroxyl groups excluding tert-OH is 1. The smallest absolute Gasteiger partial charge is 0.295 e. The molecule has 1 aliphatic heterocycles. The Bertz CT molecular complexity index is 1070. The molecule has 0 bridgehead atoms. The van der Waals surface area contributed by atoms with Crippen molar-refractivity contribution in [2.24, 2.45) is 0 Å². The van der Waals surface area contributed by atoms with Crippen molar-refractivity contribution in [3.8, 4) is 5.75 Å². The van der Waals surface area contributed by atoms with E-state index in [4.69, 9.17) is 4.74 Å². The van der Waals surface area contributed by atoms with Gasteiger partial charge in [0, 0.05) is 12.1 Å². The number of hydrogen-bond donors (Lipinski definition) is 1. The summed E-state index contributed by atoms with van der Waals surface area (Å²) >= 11 is 0. The van der Waals surface area contributed by atoms with E-state index < -0.39 is 17.7 Å². The first-order chi connectivity index (χ1) is 15.7. The van der Waals surface area contributed by atoms with E-state index in [0.29, 0.717) is 24.5 Å². The number of ether oxygens (including phenoxy) is 1. The van der Waals surface area contributed by atoms with Crippen molar-refractivity contribution in [1.82, 2.24) is 9.80 Å². The average molecular weight is 449 g/mol. The van der Waals surface area contributed by atoms with Crippen molar-refractivity contribution in [3.63, 3.8) is 0 Å². The number of benzene rings is 2. The molecule has 3 rings (SSSR count). The van der Waals surface area contributed by atoms with E-state index in [1.807, 2.05) is 57.1 Å². The lowest BCUT2D eigenvalue weighted by Crippen LogP contribution is -2.32. The fourth-order valence-corrected chi connectivity index (χ4v) is 4.06. The Morgan fingerprint density at radius 1 is 1.15 bits per heavy atom. The largest absolute Gasteiger partial charge is 0.507 e. The highest BCUT2D eigenvalue weighted by Crippen LogP contribution is 2.40. The van der Waals surface area contributed by atoms with Crippen molar-refractivity contribution in [3.05, 3.63) is 82.9 Å². The number of Topliss-reactive ketones (excluding diaryl/α,β-unsaturated/α-hetero) is 1. The number of aryl methyl sites for hydroxylation is 2. The van der Waals surface area contributed by atoms with Gasteiger partial charge in [-0.2, -0.15) is 0 Å². The molecule has 0 saturated carbocycles. The number of carbonyl (C=O) groups excluding carboxylic acids is 2. The highest BCUT2D eigenvalue weighted by atomic mass is 16.5. The molecule has 33 heavy (non-hydrogen) atoms. The predicted molar refractivity (Wildman–Crippen MR) is 130 cm³/mol. The summed E-state index contributed by atoms with van der Waals surface area (Å²) in [5.74, 6) is -0.760. The monoisotopic (exact) mass is 448 g/mol. The van der Waals surface area contributed by atoms with Crippen molar-refractivity contribution >= 4 is 17.4 Å². The van der Waals surface area contributed by atoms with Gasteiger partial charge in [-0.1, -0.05) is 42.5 Å². The summed E-state index contributed by atoms with van der Waals surface area (Å²) in [6.07, 6.45) is 2.37. The third kappa shape index (κ3) is 5.34. The zero-order chi connectivity index (χ0) is 24.1. The van der Waals surface area contributed by atoms with E-state index in [1.165, 1.54) is 0 Å². The van der Waals surface area contributed by atoms with Gasteiger partial charge in [0.05, 0.1) is 11.6 Å². The molecule has 1 N–H and O–H groups in total. The molecular weight excluding hydrogens is 416 g/mol. The molecule has 174 valence electrons. The molecule has 1 heterocycles.